The number of benzene rings is 2. The molecule has 6 N–H and O–H groups in total. The van der Waals surface area contributed by atoms with E-state index in [2.05, 4.69) is 27.4 Å². The van der Waals surface area contributed by atoms with Crippen molar-refractivity contribution < 1.29 is 19.6 Å². The Kier molecular flexibility index (Phi) is 8.16. The molecule has 9 nitrogen and oxygen atoms in total. The average Bonchev–Trinajstić information content (AvgIpc) is 3.67. The summed E-state index contributed by atoms with van der Waals surface area (Å²) in [6.45, 7) is 0.226. The summed E-state index contributed by atoms with van der Waals surface area (Å²) in [5, 5.41) is 14.0. The van der Waals surface area contributed by atoms with Gasteiger partial charge in [0, 0.05) is 35.0 Å². The number of rotatable bonds is 8. The molecular weight excluding hydrogens is 422 g/mol. The van der Waals surface area contributed by atoms with Gasteiger partial charge in [-0.2, -0.15) is 0 Å². The highest BCUT2D eigenvalue weighted by Crippen LogP contribution is 2.24. The molecule has 3 amide bonds. The SMILES string of the molecule is CN(CC(=O)Nc1ccc(C#Cc2ccc(C(=O)N[C@@H](CN)C(=O)NO)cc2)cc1)C1CC1. The highest BCUT2D eigenvalue weighted by atomic mass is 16.5. The van der Waals surface area contributed by atoms with Crippen LogP contribution >= 0.6 is 0 Å². The van der Waals surface area contributed by atoms with E-state index >= 15 is 0 Å². The second-order valence-corrected chi connectivity index (χ2v) is 7.84. The average molecular weight is 450 g/mol. The van der Waals surface area contributed by atoms with Gasteiger partial charge in [-0.25, -0.2) is 5.48 Å². The largest absolute Gasteiger partial charge is 0.339 e. The fraction of sp³-hybridized carbons (Fsp3) is 0.292. The van der Waals surface area contributed by atoms with Crippen molar-refractivity contribution in [3.8, 4) is 11.8 Å². The molecule has 0 radical (unpaired) electrons. The molecule has 33 heavy (non-hydrogen) atoms. The summed E-state index contributed by atoms with van der Waals surface area (Å²) in [6.07, 6.45) is 2.32. The first-order chi connectivity index (χ1) is 15.9. The van der Waals surface area contributed by atoms with E-state index in [4.69, 9.17) is 10.9 Å². The van der Waals surface area contributed by atoms with Gasteiger partial charge in [0.1, 0.15) is 6.04 Å². The Hall–Kier alpha value is -3.71. The minimum atomic E-state index is -1.03. The van der Waals surface area contributed by atoms with Gasteiger partial charge in [0.2, 0.25) is 5.91 Å². The predicted molar refractivity (Wildman–Crippen MR) is 123 cm³/mol. The van der Waals surface area contributed by atoms with Gasteiger partial charge in [-0.05, 0) is 68.4 Å². The first-order valence-electron chi connectivity index (χ1n) is 10.6. The standard InChI is InChI=1S/C24H27N5O4/c1-29(20-12-13-20)15-22(30)26-19-10-6-17(7-11-19)3-2-16-4-8-18(9-5-16)23(31)27-21(14-25)24(32)28-33/h4-11,20-21,33H,12-15,25H2,1H3,(H,26,30)(H,27,31)(H,28,32)/t21-/m0/s1. The van der Waals surface area contributed by atoms with E-state index in [1.807, 2.05) is 31.3 Å². The Bertz CT molecular complexity index is 1050. The van der Waals surface area contributed by atoms with Crippen molar-refractivity contribution in [2.24, 2.45) is 5.73 Å². The number of hydrogen-bond acceptors (Lipinski definition) is 6. The van der Waals surface area contributed by atoms with E-state index < -0.39 is 17.9 Å². The lowest BCUT2D eigenvalue weighted by Crippen LogP contribution is -2.50. The molecule has 1 saturated carbocycles. The fourth-order valence-electron chi connectivity index (χ4n) is 3.11. The zero-order valence-electron chi connectivity index (χ0n) is 18.3. The maximum atomic E-state index is 12.2. The third-order valence-electron chi connectivity index (χ3n) is 5.20. The predicted octanol–water partition coefficient (Wildman–Crippen LogP) is 0.682. The molecule has 172 valence electrons. The minimum Gasteiger partial charge on any atom is -0.339 e. The zero-order chi connectivity index (χ0) is 23.8. The van der Waals surface area contributed by atoms with Crippen molar-refractivity contribution in [3.63, 3.8) is 0 Å². The van der Waals surface area contributed by atoms with Gasteiger partial charge in [-0.1, -0.05) is 11.8 Å². The van der Waals surface area contributed by atoms with E-state index in [1.165, 1.54) is 5.48 Å². The van der Waals surface area contributed by atoms with Crippen LogP contribution in [0.4, 0.5) is 5.69 Å². The van der Waals surface area contributed by atoms with E-state index in [0.29, 0.717) is 23.7 Å². The van der Waals surface area contributed by atoms with Crippen LogP contribution in [0.3, 0.4) is 0 Å². The van der Waals surface area contributed by atoms with Crippen molar-refractivity contribution in [3.05, 3.63) is 65.2 Å². The monoisotopic (exact) mass is 449 g/mol. The summed E-state index contributed by atoms with van der Waals surface area (Å²) < 4.78 is 0. The molecule has 0 unspecified atom stereocenters. The fourth-order valence-corrected chi connectivity index (χ4v) is 3.11. The Morgan fingerprint density at radius 3 is 2.15 bits per heavy atom. The maximum absolute atomic E-state index is 12.2. The van der Waals surface area contributed by atoms with E-state index in [-0.39, 0.29) is 12.5 Å². The highest BCUT2D eigenvalue weighted by molar-refractivity contribution is 5.97. The van der Waals surface area contributed by atoms with Crippen LogP contribution in [0, 0.1) is 11.8 Å². The number of anilines is 1. The van der Waals surface area contributed by atoms with Gasteiger partial charge in [-0.15, -0.1) is 0 Å². The number of hydroxylamine groups is 1. The van der Waals surface area contributed by atoms with Crippen LogP contribution in [-0.4, -0.2) is 60.0 Å². The van der Waals surface area contributed by atoms with Gasteiger partial charge in [0.15, 0.2) is 0 Å². The van der Waals surface area contributed by atoms with Crippen LogP contribution in [-0.2, 0) is 9.59 Å². The lowest BCUT2D eigenvalue weighted by atomic mass is 10.1. The molecule has 1 aliphatic rings. The number of likely N-dealkylation sites (N-methyl/N-ethyl adjacent to an activating group) is 1. The van der Waals surface area contributed by atoms with Gasteiger partial charge < -0.3 is 16.4 Å². The Morgan fingerprint density at radius 2 is 1.64 bits per heavy atom. The molecule has 9 heteroatoms. The van der Waals surface area contributed by atoms with Gasteiger partial charge in [0.05, 0.1) is 6.54 Å². The lowest BCUT2D eigenvalue weighted by molar-refractivity contribution is -0.130. The van der Waals surface area contributed by atoms with E-state index in [9.17, 15) is 14.4 Å². The van der Waals surface area contributed by atoms with Crippen LogP contribution in [0.15, 0.2) is 48.5 Å². The highest BCUT2D eigenvalue weighted by Gasteiger charge is 2.27. The molecule has 0 saturated heterocycles. The Morgan fingerprint density at radius 1 is 1.06 bits per heavy atom. The number of nitrogens with two attached hydrogens (primary N) is 1. The lowest BCUT2D eigenvalue weighted by Gasteiger charge is -2.15. The van der Waals surface area contributed by atoms with Gasteiger partial charge in [-0.3, -0.25) is 24.5 Å². The molecule has 0 aromatic heterocycles. The number of carbonyl (C=O) groups excluding carboxylic acids is 3. The molecule has 1 atom stereocenters. The van der Waals surface area contributed by atoms with Crippen LogP contribution in [0.2, 0.25) is 0 Å². The number of nitrogens with one attached hydrogen (secondary N) is 3. The van der Waals surface area contributed by atoms with Gasteiger partial charge >= 0.3 is 0 Å². The molecule has 2 aromatic rings. The molecule has 1 aliphatic carbocycles. The van der Waals surface area contributed by atoms with E-state index in [1.54, 1.807) is 24.3 Å². The van der Waals surface area contributed by atoms with Crippen molar-refractivity contribution in [2.75, 3.05) is 25.5 Å². The van der Waals surface area contributed by atoms with Crippen molar-refractivity contribution >= 4 is 23.4 Å². The van der Waals surface area contributed by atoms with Crippen LogP contribution < -0.4 is 21.8 Å². The van der Waals surface area contributed by atoms with Crippen molar-refractivity contribution in [1.29, 1.82) is 0 Å². The van der Waals surface area contributed by atoms with Crippen molar-refractivity contribution in [2.45, 2.75) is 24.9 Å². The summed E-state index contributed by atoms with van der Waals surface area (Å²) in [5.74, 6) is 4.74. The summed E-state index contributed by atoms with van der Waals surface area (Å²) in [6, 6.07) is 13.3. The summed E-state index contributed by atoms with van der Waals surface area (Å²) >= 11 is 0. The zero-order valence-corrected chi connectivity index (χ0v) is 18.3. The van der Waals surface area contributed by atoms with Crippen LogP contribution in [0.5, 0.6) is 0 Å². The summed E-state index contributed by atoms with van der Waals surface area (Å²) in [4.78, 5) is 37.8. The topological polar surface area (TPSA) is 137 Å². The Balaban J connectivity index is 1.54. The molecule has 1 fully saturated rings. The maximum Gasteiger partial charge on any atom is 0.267 e. The number of carbonyl (C=O) groups is 3. The third kappa shape index (κ3) is 7.15. The second-order valence-electron chi connectivity index (χ2n) is 7.84. The number of hydrogen-bond donors (Lipinski definition) is 5. The first kappa shape index (κ1) is 23.9. The number of nitrogens with zero attached hydrogens (tertiary/aromatic N) is 1. The first-order valence-corrected chi connectivity index (χ1v) is 10.6. The second kappa shape index (κ2) is 11.2. The van der Waals surface area contributed by atoms with E-state index in [0.717, 1.165) is 24.1 Å². The molecule has 0 bridgehead atoms. The summed E-state index contributed by atoms with van der Waals surface area (Å²) in [5.41, 5.74) is 9.43. The minimum absolute atomic E-state index is 0.0397. The molecule has 3 rings (SSSR count). The molecular formula is C24H27N5O4. The van der Waals surface area contributed by atoms with Crippen LogP contribution in [0.1, 0.15) is 34.3 Å². The molecule has 0 aliphatic heterocycles. The summed E-state index contributed by atoms with van der Waals surface area (Å²) in [7, 11) is 1.96. The normalized spacial score (nSPS) is 13.5. The molecule has 2 aromatic carbocycles. The van der Waals surface area contributed by atoms with Gasteiger partial charge in [0.25, 0.3) is 11.8 Å². The quantitative estimate of drug-likeness (QED) is 0.228. The van der Waals surface area contributed by atoms with Crippen molar-refractivity contribution in [1.82, 2.24) is 15.7 Å². The smallest absolute Gasteiger partial charge is 0.267 e. The number of amides is 3. The molecule has 0 heterocycles. The molecule has 0 spiro atoms. The third-order valence-corrected chi connectivity index (χ3v) is 5.20. The Labute approximate surface area is 192 Å². The van der Waals surface area contributed by atoms with Crippen LogP contribution in [0.25, 0.3) is 0 Å².